The van der Waals surface area contributed by atoms with Crippen LogP contribution in [0.15, 0.2) is 10.2 Å². The largest absolute Gasteiger partial charge is 0.594 e. The number of nitrogens with zero attached hydrogens (tertiary/aromatic N) is 4. The SMILES string of the molecule is COC(=N)C([N+]([O-])=NC(C)(C)C)[N+]([O-])=NC(C)(C)C. The molecule has 0 rings (SSSR count). The van der Waals surface area contributed by atoms with Crippen molar-refractivity contribution in [1.82, 2.24) is 0 Å². The fourth-order valence-corrected chi connectivity index (χ4v) is 1.09. The van der Waals surface area contributed by atoms with Crippen molar-refractivity contribution < 1.29 is 14.5 Å². The van der Waals surface area contributed by atoms with Gasteiger partial charge in [-0.15, -0.1) is 0 Å². The molecule has 0 spiro atoms. The number of hydroxylamine groups is 2. The number of hydrogen-bond donors (Lipinski definition) is 1. The van der Waals surface area contributed by atoms with Crippen LogP contribution in [0.5, 0.6) is 0 Å². The molecule has 0 saturated carbocycles. The smallest absolute Gasteiger partial charge is 0.485 e. The fraction of sp³-hybridized carbons (Fsp3) is 0.909. The summed E-state index contributed by atoms with van der Waals surface area (Å²) in [6, 6.07) is 0. The third-order valence-electron chi connectivity index (χ3n) is 1.67. The van der Waals surface area contributed by atoms with Crippen molar-refractivity contribution in [3.05, 3.63) is 10.4 Å². The van der Waals surface area contributed by atoms with Crippen molar-refractivity contribution in [2.45, 2.75) is 58.8 Å². The van der Waals surface area contributed by atoms with Crippen molar-refractivity contribution in [3.8, 4) is 0 Å². The van der Waals surface area contributed by atoms with Gasteiger partial charge >= 0.3 is 12.1 Å². The van der Waals surface area contributed by atoms with Crippen molar-refractivity contribution >= 4 is 5.90 Å². The van der Waals surface area contributed by atoms with Gasteiger partial charge in [0.15, 0.2) is 0 Å². The molecule has 0 aromatic rings. The predicted octanol–water partition coefficient (Wildman–Crippen LogP) is 2.46. The lowest BCUT2D eigenvalue weighted by Gasteiger charge is -2.17. The average molecular weight is 273 g/mol. The van der Waals surface area contributed by atoms with E-state index in [1.54, 1.807) is 41.5 Å². The summed E-state index contributed by atoms with van der Waals surface area (Å²) in [5.74, 6) is -0.508. The van der Waals surface area contributed by atoms with Crippen LogP contribution >= 0.6 is 0 Å². The molecule has 0 fully saturated rings. The molecule has 8 nitrogen and oxygen atoms in total. The van der Waals surface area contributed by atoms with Gasteiger partial charge in [-0.05, 0) is 61.5 Å². The van der Waals surface area contributed by atoms with Crippen molar-refractivity contribution in [1.29, 1.82) is 5.41 Å². The molecule has 0 aromatic carbocycles. The van der Waals surface area contributed by atoms with Crippen LogP contribution in [-0.4, -0.2) is 40.0 Å². The van der Waals surface area contributed by atoms with Crippen molar-refractivity contribution in [2.24, 2.45) is 10.2 Å². The molecule has 0 atom stereocenters. The van der Waals surface area contributed by atoms with E-state index in [0.717, 1.165) is 0 Å². The lowest BCUT2D eigenvalue weighted by atomic mass is 10.1. The molecule has 0 aliphatic heterocycles. The molecule has 8 heteroatoms. The van der Waals surface area contributed by atoms with Gasteiger partial charge in [-0.3, -0.25) is 5.41 Å². The van der Waals surface area contributed by atoms with Gasteiger partial charge in [-0.25, -0.2) is 0 Å². The maximum absolute atomic E-state index is 11.9. The Morgan fingerprint density at radius 3 is 1.53 bits per heavy atom. The normalized spacial score (nSPS) is 16.2. The number of methoxy groups -OCH3 is 1. The molecule has 0 heterocycles. The Morgan fingerprint density at radius 2 is 1.32 bits per heavy atom. The Hall–Kier alpha value is -1.73. The first-order valence-electron chi connectivity index (χ1n) is 5.88. The summed E-state index contributed by atoms with van der Waals surface area (Å²) in [5.41, 5.74) is -1.34. The third kappa shape index (κ3) is 6.68. The summed E-state index contributed by atoms with van der Waals surface area (Å²) in [4.78, 5) is 0.322. The number of nitrogens with one attached hydrogen (secondary N) is 1. The summed E-state index contributed by atoms with van der Waals surface area (Å²) < 4.78 is 4.66. The Labute approximate surface area is 113 Å². The van der Waals surface area contributed by atoms with Gasteiger partial charge in [-0.1, -0.05) is 0 Å². The van der Waals surface area contributed by atoms with Gasteiger partial charge in [0.1, 0.15) is 11.1 Å². The van der Waals surface area contributed by atoms with Crippen LogP contribution in [0.25, 0.3) is 0 Å². The zero-order valence-electron chi connectivity index (χ0n) is 12.6. The van der Waals surface area contributed by atoms with Gasteiger partial charge in [0.2, 0.25) is 0 Å². The molecule has 0 aliphatic carbocycles. The van der Waals surface area contributed by atoms with Crippen LogP contribution < -0.4 is 0 Å². The summed E-state index contributed by atoms with van der Waals surface area (Å²) in [6.45, 7) is 10.3. The highest BCUT2D eigenvalue weighted by Gasteiger charge is 2.38. The van der Waals surface area contributed by atoms with E-state index in [2.05, 4.69) is 15.0 Å². The molecular formula is C11H23N5O3. The molecule has 0 unspecified atom stereocenters. The maximum Gasteiger partial charge on any atom is 0.485 e. The second kappa shape index (κ2) is 5.94. The minimum atomic E-state index is -1.55. The summed E-state index contributed by atoms with van der Waals surface area (Å²) in [5, 5.41) is 38.9. The quantitative estimate of drug-likeness (QED) is 0.213. The monoisotopic (exact) mass is 273 g/mol. The topological polar surface area (TPSA) is 110 Å². The van der Waals surface area contributed by atoms with Crippen LogP contribution in [0, 0.1) is 15.8 Å². The van der Waals surface area contributed by atoms with Gasteiger partial charge in [0, 0.05) is 0 Å². The summed E-state index contributed by atoms with van der Waals surface area (Å²) >= 11 is 0. The Kier molecular flexibility index (Phi) is 5.40. The van der Waals surface area contributed by atoms with E-state index in [-0.39, 0.29) is 9.72 Å². The van der Waals surface area contributed by atoms with Gasteiger partial charge in [0.25, 0.3) is 0 Å². The van der Waals surface area contributed by atoms with E-state index in [9.17, 15) is 10.4 Å². The van der Waals surface area contributed by atoms with Gasteiger partial charge in [0.05, 0.1) is 7.11 Å². The molecule has 110 valence electrons. The van der Waals surface area contributed by atoms with Crippen molar-refractivity contribution in [3.63, 3.8) is 0 Å². The third-order valence-corrected chi connectivity index (χ3v) is 1.67. The van der Waals surface area contributed by atoms with Crippen molar-refractivity contribution in [2.75, 3.05) is 7.11 Å². The first-order valence-corrected chi connectivity index (χ1v) is 5.88. The van der Waals surface area contributed by atoms with Gasteiger partial charge in [-0.2, -0.15) is 0 Å². The van der Waals surface area contributed by atoms with E-state index < -0.39 is 23.1 Å². The Balaban J connectivity index is 5.55. The predicted molar refractivity (Wildman–Crippen MR) is 70.1 cm³/mol. The number of ether oxygens (including phenoxy) is 1. The zero-order valence-corrected chi connectivity index (χ0v) is 12.6. The molecule has 1 N–H and O–H groups in total. The zero-order chi connectivity index (χ0) is 15.4. The second-order valence-corrected chi connectivity index (χ2v) is 6.09. The fourth-order valence-electron chi connectivity index (χ4n) is 1.09. The maximum atomic E-state index is 11.9. The molecule has 0 aliphatic rings. The minimum Gasteiger partial charge on any atom is -0.594 e. The van der Waals surface area contributed by atoms with E-state index in [4.69, 9.17) is 5.41 Å². The number of hydrogen-bond acceptors (Lipinski definition) is 6. The standard InChI is InChI=1S/C11H23N5O3/c1-10(2,3)13-15(17)9(8(12)19-7)16(18)14-11(4,5)6/h9,12H,1-7H3. The average Bonchev–Trinajstić information content (AvgIpc) is 2.11. The Morgan fingerprint density at radius 1 is 1.00 bits per heavy atom. The Bertz CT molecular complexity index is 360. The van der Waals surface area contributed by atoms with Gasteiger partial charge < -0.3 is 15.2 Å². The highest BCUT2D eigenvalue weighted by molar-refractivity contribution is 5.75. The molecular weight excluding hydrogens is 250 g/mol. The van der Waals surface area contributed by atoms with Crippen LogP contribution in [0.3, 0.4) is 0 Å². The highest BCUT2D eigenvalue weighted by atomic mass is 16.6. The first-order chi connectivity index (χ1) is 8.37. The first kappa shape index (κ1) is 17.3. The van der Waals surface area contributed by atoms with E-state index in [1.807, 2.05) is 0 Å². The second-order valence-electron chi connectivity index (χ2n) is 6.09. The van der Waals surface area contributed by atoms with Crippen LogP contribution in [-0.2, 0) is 4.74 Å². The molecule has 0 radical (unpaired) electrons. The van der Waals surface area contributed by atoms with E-state index in [0.29, 0.717) is 0 Å². The highest BCUT2D eigenvalue weighted by Crippen LogP contribution is 2.12. The van der Waals surface area contributed by atoms with Crippen LogP contribution in [0.2, 0.25) is 0 Å². The molecule has 19 heavy (non-hydrogen) atoms. The number of rotatable bonds is 3. The molecule has 0 saturated heterocycles. The molecule has 0 bridgehead atoms. The minimum absolute atomic E-state index is 0.161. The molecule has 0 amide bonds. The number of azo groups is 2. The summed E-state index contributed by atoms with van der Waals surface area (Å²) in [6.07, 6.45) is -1.55. The summed E-state index contributed by atoms with van der Waals surface area (Å²) in [7, 11) is 1.21. The molecule has 0 aromatic heterocycles. The van der Waals surface area contributed by atoms with E-state index >= 15 is 0 Å². The van der Waals surface area contributed by atoms with E-state index in [1.165, 1.54) is 7.11 Å². The lowest BCUT2D eigenvalue weighted by Crippen LogP contribution is -2.40. The van der Waals surface area contributed by atoms with Crippen LogP contribution in [0.1, 0.15) is 41.5 Å². The van der Waals surface area contributed by atoms with Crippen LogP contribution in [0.4, 0.5) is 0 Å². The lowest BCUT2D eigenvalue weighted by molar-refractivity contribution is -0.766.